The lowest BCUT2D eigenvalue weighted by Gasteiger charge is -2.32. The molecule has 0 saturated carbocycles. The summed E-state index contributed by atoms with van der Waals surface area (Å²) >= 11 is 0. The Morgan fingerprint density at radius 1 is 0.870 bits per heavy atom. The van der Waals surface area contributed by atoms with Gasteiger partial charge in [0.15, 0.2) is 11.9 Å². The van der Waals surface area contributed by atoms with E-state index in [2.05, 4.69) is 24.7 Å². The van der Waals surface area contributed by atoms with E-state index in [9.17, 15) is 34.2 Å². The predicted molar refractivity (Wildman–Crippen MR) is 161 cm³/mol. The van der Waals surface area contributed by atoms with Crippen LogP contribution in [0.2, 0.25) is 0 Å². The van der Waals surface area contributed by atoms with Gasteiger partial charge in [-0.25, -0.2) is 19.1 Å². The van der Waals surface area contributed by atoms with Crippen molar-refractivity contribution < 1.29 is 49.4 Å². The number of esters is 2. The molecule has 0 saturated heterocycles. The van der Waals surface area contributed by atoms with E-state index in [1.165, 1.54) is 48.5 Å². The molecule has 0 aliphatic heterocycles. The number of carbonyl (C=O) groups is 5. The molecule has 0 spiro atoms. The summed E-state index contributed by atoms with van der Waals surface area (Å²) in [6.45, 7) is 6.10. The van der Waals surface area contributed by atoms with Crippen LogP contribution in [-0.2, 0) is 19.1 Å². The average Bonchev–Trinajstić information content (AvgIpc) is 3.40. The lowest BCUT2D eigenvalue weighted by molar-refractivity contribution is -0.454. The predicted octanol–water partition coefficient (Wildman–Crippen LogP) is 2.35. The van der Waals surface area contributed by atoms with Crippen LogP contribution >= 0.6 is 0 Å². The molecule has 3 atom stereocenters. The largest absolute Gasteiger partial charge is 0.546 e. The molecule has 238 valence electrons. The highest BCUT2D eigenvalue weighted by Crippen LogP contribution is 2.42. The van der Waals surface area contributed by atoms with E-state index < -0.39 is 36.1 Å². The Hall–Kier alpha value is -5.62. The number of ether oxygens (including phenoxy) is 2. The monoisotopic (exact) mass is 627 g/mol. The first kappa shape index (κ1) is 33.3. The number of fused-ring (bicyclic) bond motifs is 1. The maximum atomic E-state index is 12.4. The number of aryl methyl sites for hydroxylation is 1. The van der Waals surface area contributed by atoms with Crippen molar-refractivity contribution >= 4 is 29.7 Å². The molecule has 5 rings (SSSR count). The number of nitrogens with zero attached hydrogens (tertiary/aromatic N) is 2. The van der Waals surface area contributed by atoms with Crippen molar-refractivity contribution in [3.8, 4) is 5.69 Å². The summed E-state index contributed by atoms with van der Waals surface area (Å²) in [5.74, 6) is -5.81. The van der Waals surface area contributed by atoms with Crippen LogP contribution in [0.15, 0.2) is 91.0 Å². The molecule has 0 radical (unpaired) electrons. The Morgan fingerprint density at radius 2 is 1.33 bits per heavy atom. The smallest absolute Gasteiger partial charge is 0.349 e. The molecule has 46 heavy (non-hydrogen) atoms. The highest BCUT2D eigenvalue weighted by Gasteiger charge is 2.44. The molecule has 12 heteroatoms. The number of aromatic nitrogens is 2. The Morgan fingerprint density at radius 3 is 1.78 bits per heavy atom. The molecule has 1 aliphatic rings. The topological polar surface area (TPSA) is 193 Å². The molecule has 0 fully saturated rings. The Kier molecular flexibility index (Phi) is 10.1. The molecule has 3 unspecified atom stereocenters. The molecule has 0 amide bonds. The van der Waals surface area contributed by atoms with Crippen molar-refractivity contribution in [2.75, 3.05) is 0 Å². The van der Waals surface area contributed by atoms with E-state index in [1.54, 1.807) is 12.1 Å². The third-order valence-corrected chi connectivity index (χ3v) is 7.50. The number of carbonyl (C=O) groups excluding carboxylic acids is 4. The fraction of sp³-hybridized carbons (Fsp3) is 0.235. The molecule has 4 N–H and O–H groups in total. The van der Waals surface area contributed by atoms with Crippen molar-refractivity contribution in [2.45, 2.75) is 45.4 Å². The molecule has 4 aromatic rings. The SMILES string of the molecule is Cc1nn(-c2ccccc2)c2c1C(=O)CC(C)(C)C2[NH3+].O=C(OC(C(=O)[O-])C(OC(=O)c1ccccc1)C(=O)O)c1ccccc1. The van der Waals surface area contributed by atoms with Gasteiger partial charge in [-0.3, -0.25) is 4.79 Å². The zero-order valence-electron chi connectivity index (χ0n) is 25.4. The number of hydrogen-bond acceptors (Lipinski definition) is 9. The quantitative estimate of drug-likeness (QED) is 0.274. The van der Waals surface area contributed by atoms with E-state index in [0.29, 0.717) is 6.42 Å². The highest BCUT2D eigenvalue weighted by molar-refractivity contribution is 6.00. The minimum Gasteiger partial charge on any atom is -0.546 e. The van der Waals surface area contributed by atoms with Gasteiger partial charge >= 0.3 is 17.9 Å². The van der Waals surface area contributed by atoms with E-state index in [-0.39, 0.29) is 28.4 Å². The molecular formula is C34H33N3O9. The van der Waals surface area contributed by atoms with Crippen LogP contribution in [0.4, 0.5) is 0 Å². The van der Waals surface area contributed by atoms with Gasteiger partial charge in [-0.2, -0.15) is 5.10 Å². The first-order valence-electron chi connectivity index (χ1n) is 14.3. The van der Waals surface area contributed by atoms with Crippen LogP contribution in [0, 0.1) is 12.3 Å². The van der Waals surface area contributed by atoms with E-state index >= 15 is 0 Å². The summed E-state index contributed by atoms with van der Waals surface area (Å²) < 4.78 is 11.3. The van der Waals surface area contributed by atoms with Crippen LogP contribution in [-0.4, -0.2) is 56.8 Å². The zero-order chi connectivity index (χ0) is 33.6. The normalized spacial score (nSPS) is 16.1. The second-order valence-electron chi connectivity index (χ2n) is 11.3. The van der Waals surface area contributed by atoms with Gasteiger partial charge in [0.25, 0.3) is 0 Å². The van der Waals surface area contributed by atoms with Gasteiger partial charge in [0.05, 0.1) is 34.0 Å². The lowest BCUT2D eigenvalue weighted by Crippen LogP contribution is -2.62. The fourth-order valence-electron chi connectivity index (χ4n) is 4.96. The maximum Gasteiger partial charge on any atom is 0.349 e. The molecule has 1 aliphatic carbocycles. The average molecular weight is 628 g/mol. The van der Waals surface area contributed by atoms with Crippen LogP contribution in [0.25, 0.3) is 5.69 Å². The van der Waals surface area contributed by atoms with E-state index in [1.807, 2.05) is 41.9 Å². The minimum absolute atomic E-state index is 0.00252. The van der Waals surface area contributed by atoms with Gasteiger partial charge in [-0.1, -0.05) is 68.4 Å². The summed E-state index contributed by atoms with van der Waals surface area (Å²) in [5.41, 5.74) is 7.69. The molecule has 12 nitrogen and oxygen atoms in total. The van der Waals surface area contributed by atoms with Crippen molar-refractivity contribution in [1.29, 1.82) is 0 Å². The number of para-hydroxylation sites is 1. The molecular weight excluding hydrogens is 594 g/mol. The van der Waals surface area contributed by atoms with Gasteiger partial charge < -0.3 is 30.2 Å². The Bertz CT molecular complexity index is 1670. The lowest BCUT2D eigenvalue weighted by atomic mass is 9.72. The second kappa shape index (κ2) is 14.0. The summed E-state index contributed by atoms with van der Waals surface area (Å²) in [5, 5.41) is 25.1. The van der Waals surface area contributed by atoms with Crippen molar-refractivity contribution in [2.24, 2.45) is 5.41 Å². The summed E-state index contributed by atoms with van der Waals surface area (Å²) in [4.78, 5) is 59.1. The van der Waals surface area contributed by atoms with Crippen LogP contribution in [0.1, 0.15) is 68.8 Å². The highest BCUT2D eigenvalue weighted by atomic mass is 16.6. The minimum atomic E-state index is -2.33. The molecule has 3 aromatic carbocycles. The number of Topliss-reactive ketones (excluding diaryl/α,β-unsaturated/α-hetero) is 1. The first-order valence-corrected chi connectivity index (χ1v) is 14.3. The summed E-state index contributed by atoms with van der Waals surface area (Å²) in [6, 6.07) is 24.7. The van der Waals surface area contributed by atoms with Crippen molar-refractivity contribution in [3.05, 3.63) is 119 Å². The number of carboxylic acid groups (broad SMARTS) is 2. The number of rotatable bonds is 8. The third kappa shape index (κ3) is 7.36. The first-order chi connectivity index (χ1) is 21.8. The van der Waals surface area contributed by atoms with Gasteiger partial charge in [0.1, 0.15) is 11.7 Å². The summed E-state index contributed by atoms with van der Waals surface area (Å²) in [7, 11) is 0. The number of aliphatic carboxylic acids is 2. The number of ketones is 1. The number of hydrogen-bond donors (Lipinski definition) is 2. The standard InChI is InChI=1S/C18H14O8.C16H19N3O/c19-15(20)13(25-17(23)11-7-3-1-4-8-11)14(16(21)22)26-18(24)12-9-5-2-6-10-12;1-10-13-12(20)9-16(2,3)15(17)14(13)19(18-10)11-7-5-4-6-8-11/h1-10,13-14H,(H,19,20)(H,21,22);4-8,15H,9,17H2,1-3H3. The molecule has 1 aromatic heterocycles. The van der Waals surface area contributed by atoms with Crippen LogP contribution < -0.4 is 10.8 Å². The van der Waals surface area contributed by atoms with E-state index in [0.717, 1.165) is 22.6 Å². The Balaban J connectivity index is 0.000000215. The fourth-order valence-corrected chi connectivity index (χ4v) is 4.96. The zero-order valence-corrected chi connectivity index (χ0v) is 25.4. The summed E-state index contributed by atoms with van der Waals surface area (Å²) in [6.07, 6.45) is -4.07. The van der Waals surface area contributed by atoms with Gasteiger partial charge in [0, 0.05) is 11.8 Å². The Labute approximate surface area is 264 Å². The van der Waals surface area contributed by atoms with Gasteiger partial charge in [-0.15, -0.1) is 0 Å². The number of carboxylic acids is 2. The van der Waals surface area contributed by atoms with Gasteiger partial charge in [-0.05, 0) is 43.3 Å². The number of benzene rings is 3. The van der Waals surface area contributed by atoms with Gasteiger partial charge in [0.2, 0.25) is 6.10 Å². The molecule has 1 heterocycles. The van der Waals surface area contributed by atoms with E-state index in [4.69, 9.17) is 9.47 Å². The van der Waals surface area contributed by atoms with Crippen LogP contribution in [0.5, 0.6) is 0 Å². The second-order valence-corrected chi connectivity index (χ2v) is 11.3. The van der Waals surface area contributed by atoms with Crippen LogP contribution in [0.3, 0.4) is 0 Å². The maximum absolute atomic E-state index is 12.4. The molecule has 0 bridgehead atoms. The van der Waals surface area contributed by atoms with Crippen molar-refractivity contribution in [3.63, 3.8) is 0 Å². The van der Waals surface area contributed by atoms with Crippen molar-refractivity contribution in [1.82, 2.24) is 9.78 Å². The number of quaternary nitrogens is 1. The third-order valence-electron chi connectivity index (χ3n) is 7.50.